The van der Waals surface area contributed by atoms with E-state index < -0.39 is 0 Å². The number of pyridine rings is 1. The molecule has 4 rings (SSSR count). The SMILES string of the molecule is N#Cc1ccc(Oc2ccc3nc(C(=O)N[C@@H]4CCC[C@@H](O)C4)ccc3c2)cc1. The summed E-state index contributed by atoms with van der Waals surface area (Å²) in [5.74, 6) is 1.07. The first-order chi connectivity index (χ1) is 14.1. The predicted octanol–water partition coefficient (Wildman–Crippen LogP) is 3.93. The summed E-state index contributed by atoms with van der Waals surface area (Å²) in [7, 11) is 0. The number of rotatable bonds is 4. The van der Waals surface area contributed by atoms with E-state index in [1.807, 2.05) is 18.2 Å². The fourth-order valence-corrected chi connectivity index (χ4v) is 3.58. The summed E-state index contributed by atoms with van der Waals surface area (Å²) in [6.45, 7) is 0. The van der Waals surface area contributed by atoms with Gasteiger partial charge in [0, 0.05) is 11.4 Å². The first-order valence-corrected chi connectivity index (χ1v) is 9.68. The monoisotopic (exact) mass is 387 g/mol. The van der Waals surface area contributed by atoms with E-state index in [0.717, 1.165) is 24.6 Å². The average Bonchev–Trinajstić information content (AvgIpc) is 2.74. The lowest BCUT2D eigenvalue weighted by Crippen LogP contribution is -2.40. The summed E-state index contributed by atoms with van der Waals surface area (Å²) in [4.78, 5) is 17.0. The maximum absolute atomic E-state index is 12.5. The highest BCUT2D eigenvalue weighted by atomic mass is 16.5. The number of aliphatic hydroxyl groups is 1. The number of carbonyl (C=O) groups is 1. The van der Waals surface area contributed by atoms with Crippen LogP contribution in [0.25, 0.3) is 10.9 Å². The number of hydrogen-bond acceptors (Lipinski definition) is 5. The van der Waals surface area contributed by atoms with E-state index in [1.54, 1.807) is 36.4 Å². The first-order valence-electron chi connectivity index (χ1n) is 9.68. The van der Waals surface area contributed by atoms with Crippen LogP contribution in [0.2, 0.25) is 0 Å². The van der Waals surface area contributed by atoms with E-state index >= 15 is 0 Å². The maximum atomic E-state index is 12.5. The van der Waals surface area contributed by atoms with Gasteiger partial charge in [-0.2, -0.15) is 5.26 Å². The number of nitrogens with zero attached hydrogens (tertiary/aromatic N) is 2. The smallest absolute Gasteiger partial charge is 0.270 e. The third-order valence-corrected chi connectivity index (χ3v) is 5.09. The zero-order chi connectivity index (χ0) is 20.2. The third kappa shape index (κ3) is 4.53. The molecule has 1 aromatic heterocycles. The summed E-state index contributed by atoms with van der Waals surface area (Å²) >= 11 is 0. The van der Waals surface area contributed by atoms with Crippen molar-refractivity contribution in [2.45, 2.75) is 37.8 Å². The molecule has 6 nitrogen and oxygen atoms in total. The Balaban J connectivity index is 1.47. The van der Waals surface area contributed by atoms with Crippen LogP contribution in [0.1, 0.15) is 41.7 Å². The van der Waals surface area contributed by atoms with E-state index in [2.05, 4.69) is 16.4 Å². The van der Waals surface area contributed by atoms with Crippen LogP contribution in [0.15, 0.2) is 54.6 Å². The highest BCUT2D eigenvalue weighted by Crippen LogP contribution is 2.26. The Labute approximate surface area is 168 Å². The third-order valence-electron chi connectivity index (χ3n) is 5.09. The highest BCUT2D eigenvalue weighted by molar-refractivity contribution is 5.95. The van der Waals surface area contributed by atoms with Gasteiger partial charge in [0.15, 0.2) is 0 Å². The van der Waals surface area contributed by atoms with Crippen molar-refractivity contribution in [3.63, 3.8) is 0 Å². The molecule has 29 heavy (non-hydrogen) atoms. The Bertz CT molecular complexity index is 1070. The van der Waals surface area contributed by atoms with Crippen LogP contribution in [0.5, 0.6) is 11.5 Å². The molecular weight excluding hydrogens is 366 g/mol. The molecule has 1 aliphatic rings. The van der Waals surface area contributed by atoms with Crippen molar-refractivity contribution in [3.05, 3.63) is 65.9 Å². The van der Waals surface area contributed by atoms with Gasteiger partial charge in [0.25, 0.3) is 5.91 Å². The number of fused-ring (bicyclic) bond motifs is 1. The molecule has 2 N–H and O–H groups in total. The highest BCUT2D eigenvalue weighted by Gasteiger charge is 2.22. The van der Waals surface area contributed by atoms with E-state index in [9.17, 15) is 9.90 Å². The number of carbonyl (C=O) groups excluding carboxylic acids is 1. The molecule has 1 aliphatic carbocycles. The van der Waals surface area contributed by atoms with Crippen LogP contribution in [0.4, 0.5) is 0 Å². The van der Waals surface area contributed by atoms with E-state index in [0.29, 0.717) is 34.7 Å². The molecule has 0 aliphatic heterocycles. The fourth-order valence-electron chi connectivity index (χ4n) is 3.58. The zero-order valence-electron chi connectivity index (χ0n) is 15.8. The normalized spacial score (nSPS) is 18.8. The van der Waals surface area contributed by atoms with Gasteiger partial charge in [-0.3, -0.25) is 4.79 Å². The van der Waals surface area contributed by atoms with Crippen molar-refractivity contribution in [3.8, 4) is 17.6 Å². The number of nitrogens with one attached hydrogen (secondary N) is 1. The average molecular weight is 387 g/mol. The predicted molar refractivity (Wildman–Crippen MR) is 109 cm³/mol. The van der Waals surface area contributed by atoms with Gasteiger partial charge in [-0.05, 0) is 74.2 Å². The summed E-state index contributed by atoms with van der Waals surface area (Å²) in [6.07, 6.45) is 2.85. The van der Waals surface area contributed by atoms with Gasteiger partial charge in [-0.25, -0.2) is 4.98 Å². The Morgan fingerprint density at radius 1 is 1.10 bits per heavy atom. The van der Waals surface area contributed by atoms with Gasteiger partial charge in [-0.1, -0.05) is 6.07 Å². The fraction of sp³-hybridized carbons (Fsp3) is 0.261. The summed E-state index contributed by atoms with van der Waals surface area (Å²) in [5.41, 5.74) is 1.64. The summed E-state index contributed by atoms with van der Waals surface area (Å²) in [6, 6.07) is 18.0. The first kappa shape index (κ1) is 18.9. The van der Waals surface area contributed by atoms with Gasteiger partial charge in [0.2, 0.25) is 0 Å². The Kier molecular flexibility index (Phi) is 5.41. The molecule has 6 heteroatoms. The second-order valence-corrected chi connectivity index (χ2v) is 7.28. The molecule has 3 aromatic rings. The van der Waals surface area contributed by atoms with Crippen LogP contribution in [-0.4, -0.2) is 28.1 Å². The Morgan fingerprint density at radius 3 is 2.66 bits per heavy atom. The van der Waals surface area contributed by atoms with Crippen molar-refractivity contribution in [1.82, 2.24) is 10.3 Å². The number of nitriles is 1. The van der Waals surface area contributed by atoms with Crippen molar-refractivity contribution in [2.24, 2.45) is 0 Å². The summed E-state index contributed by atoms with van der Waals surface area (Å²) in [5, 5.41) is 22.5. The standard InChI is InChI=1S/C23H21N3O3/c24-14-15-4-7-19(8-5-15)29-20-9-11-21-16(12-20)6-10-22(26-21)23(28)25-17-2-1-3-18(27)13-17/h4-12,17-18,27H,1-3,13H2,(H,25,28)/t17-,18-/m1/s1. The Hall–Kier alpha value is -3.43. The molecule has 0 spiro atoms. The van der Waals surface area contributed by atoms with Crippen LogP contribution < -0.4 is 10.1 Å². The number of aliphatic hydroxyl groups excluding tert-OH is 1. The molecule has 146 valence electrons. The second-order valence-electron chi connectivity index (χ2n) is 7.28. The van der Waals surface area contributed by atoms with Crippen LogP contribution in [-0.2, 0) is 0 Å². The number of ether oxygens (including phenoxy) is 1. The van der Waals surface area contributed by atoms with Gasteiger partial charge in [0.05, 0.1) is 23.3 Å². The molecule has 0 saturated heterocycles. The second kappa shape index (κ2) is 8.29. The van der Waals surface area contributed by atoms with Crippen molar-refractivity contribution in [1.29, 1.82) is 5.26 Å². The molecule has 2 aromatic carbocycles. The molecule has 2 atom stereocenters. The lowest BCUT2D eigenvalue weighted by atomic mass is 9.93. The molecule has 1 heterocycles. The number of hydrogen-bond donors (Lipinski definition) is 2. The molecule has 1 saturated carbocycles. The van der Waals surface area contributed by atoms with Gasteiger partial charge >= 0.3 is 0 Å². The largest absolute Gasteiger partial charge is 0.457 e. The lowest BCUT2D eigenvalue weighted by Gasteiger charge is -2.26. The van der Waals surface area contributed by atoms with E-state index in [-0.39, 0.29) is 18.1 Å². The van der Waals surface area contributed by atoms with Gasteiger partial charge in [-0.15, -0.1) is 0 Å². The van der Waals surface area contributed by atoms with Crippen molar-refractivity contribution >= 4 is 16.8 Å². The minimum absolute atomic E-state index is 0.00746. The number of benzene rings is 2. The minimum Gasteiger partial charge on any atom is -0.457 e. The molecule has 1 fully saturated rings. The molecule has 1 amide bonds. The van der Waals surface area contributed by atoms with E-state index in [1.165, 1.54) is 0 Å². The van der Waals surface area contributed by atoms with Crippen molar-refractivity contribution in [2.75, 3.05) is 0 Å². The lowest BCUT2D eigenvalue weighted by molar-refractivity contribution is 0.0846. The molecular formula is C23H21N3O3. The maximum Gasteiger partial charge on any atom is 0.270 e. The van der Waals surface area contributed by atoms with Crippen molar-refractivity contribution < 1.29 is 14.6 Å². The molecule has 0 unspecified atom stereocenters. The molecule has 0 bridgehead atoms. The van der Waals surface area contributed by atoms with Crippen LogP contribution in [0, 0.1) is 11.3 Å². The van der Waals surface area contributed by atoms with E-state index in [4.69, 9.17) is 10.00 Å². The zero-order valence-corrected chi connectivity index (χ0v) is 15.8. The van der Waals surface area contributed by atoms with Crippen LogP contribution >= 0.6 is 0 Å². The summed E-state index contributed by atoms with van der Waals surface area (Å²) < 4.78 is 5.83. The number of amides is 1. The van der Waals surface area contributed by atoms with Gasteiger partial charge < -0.3 is 15.2 Å². The molecule has 0 radical (unpaired) electrons. The van der Waals surface area contributed by atoms with Crippen LogP contribution in [0.3, 0.4) is 0 Å². The Morgan fingerprint density at radius 2 is 1.90 bits per heavy atom. The quantitative estimate of drug-likeness (QED) is 0.707. The minimum atomic E-state index is -0.340. The topological polar surface area (TPSA) is 95.2 Å². The van der Waals surface area contributed by atoms with Gasteiger partial charge in [0.1, 0.15) is 17.2 Å². The number of aromatic nitrogens is 1.